The number of amides is 1. The number of nitrogens with one attached hydrogen (secondary N) is 1. The summed E-state index contributed by atoms with van der Waals surface area (Å²) in [6.07, 6.45) is 1.56. The first-order valence-corrected chi connectivity index (χ1v) is 7.20. The first-order chi connectivity index (χ1) is 7.99. The number of rotatable bonds is 0. The molecule has 0 atom stereocenters. The summed E-state index contributed by atoms with van der Waals surface area (Å²) in [7, 11) is -3.61. The molecule has 3 rings (SSSR count). The maximum absolute atomic E-state index is 12.5. The largest absolute Gasteiger partial charge is 0.322 e. The molecule has 0 aromatic heterocycles. The van der Waals surface area contributed by atoms with Crippen molar-refractivity contribution < 1.29 is 13.2 Å². The molecule has 1 aliphatic carbocycles. The molecule has 6 heteroatoms. The fraction of sp³-hybridized carbons (Fsp3) is 0.364. The second-order valence-electron chi connectivity index (χ2n) is 4.42. The molecule has 17 heavy (non-hydrogen) atoms. The Morgan fingerprint density at radius 2 is 2.00 bits per heavy atom. The minimum Gasteiger partial charge on any atom is -0.322 e. The zero-order valence-corrected chi connectivity index (χ0v) is 10.4. The average Bonchev–Trinajstić information content (AvgIpc) is 2.17. The summed E-state index contributed by atoms with van der Waals surface area (Å²) in [6, 6.07) is 4.65. The second kappa shape index (κ2) is 3.23. The Labute approximate surface area is 104 Å². The number of hydrogen-bond donors (Lipinski definition) is 1. The molecule has 90 valence electrons. The zero-order chi connectivity index (χ0) is 12.3. The van der Waals surface area contributed by atoms with Gasteiger partial charge in [0.05, 0.1) is 15.6 Å². The predicted octanol–water partition coefficient (Wildman–Crippen LogP) is 1.99. The van der Waals surface area contributed by atoms with Crippen LogP contribution in [0.3, 0.4) is 0 Å². The van der Waals surface area contributed by atoms with Gasteiger partial charge in [0, 0.05) is 0 Å². The topological polar surface area (TPSA) is 63.2 Å². The van der Waals surface area contributed by atoms with Crippen LogP contribution in [0.2, 0.25) is 5.02 Å². The second-order valence-corrected chi connectivity index (χ2v) is 7.05. The summed E-state index contributed by atoms with van der Waals surface area (Å²) in [4.78, 5) is 12.1. The lowest BCUT2D eigenvalue weighted by Gasteiger charge is -2.42. The minimum atomic E-state index is -3.61. The number of hydrogen-bond acceptors (Lipinski definition) is 3. The van der Waals surface area contributed by atoms with Gasteiger partial charge in [-0.05, 0) is 31.4 Å². The molecule has 1 aliphatic heterocycles. The van der Waals surface area contributed by atoms with Crippen molar-refractivity contribution in [1.82, 2.24) is 0 Å². The molecule has 1 N–H and O–H groups in total. The van der Waals surface area contributed by atoms with Crippen molar-refractivity contribution in [2.24, 2.45) is 0 Å². The number of para-hydroxylation sites is 1. The van der Waals surface area contributed by atoms with Gasteiger partial charge in [-0.25, -0.2) is 8.42 Å². The van der Waals surface area contributed by atoms with Gasteiger partial charge in [0.25, 0.3) is 0 Å². The van der Waals surface area contributed by atoms with Crippen LogP contribution in [0.25, 0.3) is 0 Å². The Morgan fingerprint density at radius 3 is 2.59 bits per heavy atom. The standard InChI is InChI=1S/C11H10ClNO3S/c12-7-3-1-4-8-9(7)13-10(14)11(5-2-6-11)17(8,15)16/h1,3-4H,2,5-6H2,(H,13,14). The fourth-order valence-electron chi connectivity index (χ4n) is 2.40. The van der Waals surface area contributed by atoms with E-state index in [2.05, 4.69) is 5.32 Å². The van der Waals surface area contributed by atoms with Crippen LogP contribution in [0.1, 0.15) is 19.3 Å². The third-order valence-corrected chi connectivity index (χ3v) is 6.45. The Balaban J connectivity index is 2.31. The van der Waals surface area contributed by atoms with Crippen molar-refractivity contribution in [3.05, 3.63) is 23.2 Å². The highest BCUT2D eigenvalue weighted by Crippen LogP contribution is 2.49. The molecule has 1 spiro atoms. The van der Waals surface area contributed by atoms with Gasteiger partial charge in [-0.15, -0.1) is 0 Å². The van der Waals surface area contributed by atoms with Crippen molar-refractivity contribution >= 4 is 33.0 Å². The predicted molar refractivity (Wildman–Crippen MR) is 63.8 cm³/mol. The van der Waals surface area contributed by atoms with E-state index < -0.39 is 20.5 Å². The van der Waals surface area contributed by atoms with Crippen molar-refractivity contribution in [2.75, 3.05) is 5.32 Å². The van der Waals surface area contributed by atoms with E-state index in [0.717, 1.165) is 6.42 Å². The molecule has 1 amide bonds. The lowest BCUT2D eigenvalue weighted by molar-refractivity contribution is -0.120. The number of fused-ring (bicyclic) bond motifs is 1. The van der Waals surface area contributed by atoms with E-state index in [-0.39, 0.29) is 15.6 Å². The molecule has 1 saturated carbocycles. The van der Waals surface area contributed by atoms with Crippen LogP contribution in [0.15, 0.2) is 23.1 Å². The van der Waals surface area contributed by atoms with Crippen LogP contribution in [-0.4, -0.2) is 19.1 Å². The number of anilines is 1. The van der Waals surface area contributed by atoms with Gasteiger partial charge in [0.15, 0.2) is 14.6 Å². The van der Waals surface area contributed by atoms with E-state index in [1.165, 1.54) is 6.07 Å². The molecule has 0 bridgehead atoms. The molecule has 0 saturated heterocycles. The summed E-state index contributed by atoms with van der Waals surface area (Å²) >= 11 is 5.91. The van der Waals surface area contributed by atoms with Crippen LogP contribution in [-0.2, 0) is 14.6 Å². The van der Waals surface area contributed by atoms with E-state index in [9.17, 15) is 13.2 Å². The lowest BCUT2D eigenvalue weighted by Crippen LogP contribution is -2.57. The fourth-order valence-corrected chi connectivity index (χ4v) is 4.91. The number of carbonyl (C=O) groups is 1. The highest BCUT2D eigenvalue weighted by Gasteiger charge is 2.58. The normalized spacial score (nSPS) is 23.7. The summed E-state index contributed by atoms with van der Waals surface area (Å²) in [5, 5.41) is 2.88. The molecule has 1 heterocycles. The molecular formula is C11H10ClNO3S. The van der Waals surface area contributed by atoms with Crippen LogP contribution < -0.4 is 5.32 Å². The number of sulfone groups is 1. The lowest BCUT2D eigenvalue weighted by atomic mass is 9.83. The number of carbonyl (C=O) groups excluding carboxylic acids is 1. The monoisotopic (exact) mass is 271 g/mol. The van der Waals surface area contributed by atoms with E-state index in [1.807, 2.05) is 0 Å². The number of halogens is 1. The third-order valence-electron chi connectivity index (χ3n) is 3.59. The van der Waals surface area contributed by atoms with Gasteiger partial charge in [-0.3, -0.25) is 4.79 Å². The van der Waals surface area contributed by atoms with Crippen LogP contribution in [0, 0.1) is 0 Å². The molecular weight excluding hydrogens is 262 g/mol. The van der Waals surface area contributed by atoms with Gasteiger partial charge >= 0.3 is 0 Å². The highest BCUT2D eigenvalue weighted by atomic mass is 35.5. The maximum Gasteiger partial charge on any atom is 0.246 e. The smallest absolute Gasteiger partial charge is 0.246 e. The molecule has 0 radical (unpaired) electrons. The third kappa shape index (κ3) is 1.18. The van der Waals surface area contributed by atoms with Gasteiger partial charge in [-0.1, -0.05) is 17.7 Å². The first kappa shape index (κ1) is 11.0. The van der Waals surface area contributed by atoms with Crippen LogP contribution in [0.4, 0.5) is 5.69 Å². The van der Waals surface area contributed by atoms with E-state index in [1.54, 1.807) is 12.1 Å². The van der Waals surface area contributed by atoms with Crippen LogP contribution >= 0.6 is 11.6 Å². The van der Waals surface area contributed by atoms with Gasteiger partial charge in [0.2, 0.25) is 5.91 Å². The SMILES string of the molecule is O=C1Nc2c(Cl)cccc2S(=O)(=O)C12CCC2. The summed E-state index contributed by atoms with van der Waals surface area (Å²) in [6.45, 7) is 0. The van der Waals surface area contributed by atoms with Gasteiger partial charge < -0.3 is 5.32 Å². The summed E-state index contributed by atoms with van der Waals surface area (Å²) in [5.41, 5.74) is 0.219. The quantitative estimate of drug-likeness (QED) is 0.785. The zero-order valence-electron chi connectivity index (χ0n) is 8.86. The van der Waals surface area contributed by atoms with Crippen LogP contribution in [0.5, 0.6) is 0 Å². The summed E-state index contributed by atoms with van der Waals surface area (Å²) in [5.74, 6) is -0.440. The van der Waals surface area contributed by atoms with E-state index >= 15 is 0 Å². The number of benzene rings is 1. The van der Waals surface area contributed by atoms with Gasteiger partial charge in [0.1, 0.15) is 0 Å². The molecule has 0 unspecified atom stereocenters. The molecule has 2 aliphatic rings. The molecule has 1 fully saturated rings. The van der Waals surface area contributed by atoms with E-state index in [4.69, 9.17) is 11.6 Å². The van der Waals surface area contributed by atoms with E-state index in [0.29, 0.717) is 12.8 Å². The summed E-state index contributed by atoms with van der Waals surface area (Å²) < 4.78 is 23.7. The van der Waals surface area contributed by atoms with Crippen molar-refractivity contribution in [2.45, 2.75) is 28.9 Å². The highest BCUT2D eigenvalue weighted by molar-refractivity contribution is 7.94. The van der Waals surface area contributed by atoms with Gasteiger partial charge in [-0.2, -0.15) is 0 Å². The van der Waals surface area contributed by atoms with Crippen molar-refractivity contribution in [3.63, 3.8) is 0 Å². The Kier molecular flexibility index (Phi) is 2.10. The molecule has 1 aromatic carbocycles. The Morgan fingerprint density at radius 1 is 1.29 bits per heavy atom. The average molecular weight is 272 g/mol. The van der Waals surface area contributed by atoms with Crippen molar-refractivity contribution in [1.29, 1.82) is 0 Å². The Bertz CT molecular complexity index is 620. The Hall–Kier alpha value is -1.07. The van der Waals surface area contributed by atoms with Crippen molar-refractivity contribution in [3.8, 4) is 0 Å². The molecule has 4 nitrogen and oxygen atoms in total. The molecule has 1 aromatic rings. The minimum absolute atomic E-state index is 0.143. The first-order valence-electron chi connectivity index (χ1n) is 5.34. The maximum atomic E-state index is 12.5.